The lowest BCUT2D eigenvalue weighted by atomic mass is 9.88. The third kappa shape index (κ3) is 3.72. The van der Waals surface area contributed by atoms with E-state index in [4.69, 9.17) is 0 Å². The normalized spacial score (nSPS) is 20.3. The van der Waals surface area contributed by atoms with Gasteiger partial charge in [0.15, 0.2) is 0 Å². The van der Waals surface area contributed by atoms with Gasteiger partial charge in [-0.15, -0.1) is 0 Å². The average molecular weight is 370 g/mol. The maximum absolute atomic E-state index is 13.7. The number of carbonyl (C=O) groups is 2. The number of nitrogens with zero attached hydrogens (tertiary/aromatic N) is 3. The number of nitrogens with one attached hydrogen (secondary N) is 1. The summed E-state index contributed by atoms with van der Waals surface area (Å²) >= 11 is 0. The minimum atomic E-state index is -0.602. The van der Waals surface area contributed by atoms with E-state index in [9.17, 15) is 14.0 Å². The van der Waals surface area contributed by atoms with Crippen LogP contribution in [0.25, 0.3) is 0 Å². The monoisotopic (exact) mass is 370 g/mol. The van der Waals surface area contributed by atoms with E-state index >= 15 is 0 Å². The van der Waals surface area contributed by atoms with Gasteiger partial charge in [-0.3, -0.25) is 14.3 Å². The van der Waals surface area contributed by atoms with Crippen LogP contribution in [0, 0.1) is 18.7 Å². The molecular weight excluding hydrogens is 347 g/mol. The van der Waals surface area contributed by atoms with Crippen LogP contribution in [0.5, 0.6) is 0 Å². The molecule has 142 valence electrons. The Bertz CT molecular complexity index is 871. The highest BCUT2D eigenvalue weighted by Crippen LogP contribution is 2.35. The number of fused-ring (bicyclic) bond motifs is 1. The van der Waals surface area contributed by atoms with E-state index in [0.29, 0.717) is 30.3 Å². The van der Waals surface area contributed by atoms with E-state index in [1.165, 1.54) is 18.2 Å². The number of carbonyl (C=O) groups excluding carboxylic acids is 2. The third-order valence-corrected chi connectivity index (χ3v) is 5.48. The number of anilines is 1. The van der Waals surface area contributed by atoms with Gasteiger partial charge in [-0.2, -0.15) is 5.10 Å². The molecule has 0 aliphatic carbocycles. The van der Waals surface area contributed by atoms with Crippen LogP contribution in [0.3, 0.4) is 0 Å². The number of likely N-dealkylation sites (tertiary alicyclic amines) is 1. The molecular formula is C20H23FN4O2. The number of hydrogen-bond donors (Lipinski definition) is 1. The molecule has 4 rings (SSSR count). The topological polar surface area (TPSA) is 67.2 Å². The number of hydrogen-bond acceptors (Lipinski definition) is 3. The second kappa shape index (κ2) is 7.13. The van der Waals surface area contributed by atoms with E-state index in [1.54, 1.807) is 0 Å². The summed E-state index contributed by atoms with van der Waals surface area (Å²) in [5.74, 6) is -0.792. The molecule has 27 heavy (non-hydrogen) atoms. The minimum absolute atomic E-state index is 0.0712. The maximum Gasteiger partial charge on any atom is 0.230 e. The van der Waals surface area contributed by atoms with Gasteiger partial charge in [0, 0.05) is 37.9 Å². The number of aromatic nitrogens is 2. The molecule has 2 aromatic rings. The van der Waals surface area contributed by atoms with Crippen LogP contribution in [0.15, 0.2) is 30.6 Å². The first-order valence-corrected chi connectivity index (χ1v) is 9.37. The summed E-state index contributed by atoms with van der Waals surface area (Å²) < 4.78 is 15.6. The molecule has 0 saturated carbocycles. The molecule has 2 aliphatic rings. The van der Waals surface area contributed by atoms with Gasteiger partial charge < -0.3 is 10.2 Å². The fourth-order valence-corrected chi connectivity index (χ4v) is 4.04. The van der Waals surface area contributed by atoms with E-state index in [2.05, 4.69) is 10.4 Å². The molecule has 1 N–H and O–H groups in total. The predicted molar refractivity (Wildman–Crippen MR) is 98.7 cm³/mol. The summed E-state index contributed by atoms with van der Waals surface area (Å²) in [5.41, 5.74) is 2.26. The van der Waals surface area contributed by atoms with Crippen molar-refractivity contribution >= 4 is 17.5 Å². The molecule has 2 aliphatic heterocycles. The van der Waals surface area contributed by atoms with Gasteiger partial charge in [-0.1, -0.05) is 0 Å². The number of amides is 2. The van der Waals surface area contributed by atoms with Crippen molar-refractivity contribution in [2.45, 2.75) is 38.6 Å². The van der Waals surface area contributed by atoms with E-state index in [-0.39, 0.29) is 18.2 Å². The number of rotatable bonds is 3. The zero-order valence-corrected chi connectivity index (χ0v) is 15.3. The van der Waals surface area contributed by atoms with Crippen molar-refractivity contribution in [2.75, 3.05) is 18.4 Å². The lowest BCUT2D eigenvalue weighted by Gasteiger charge is -2.35. The first-order valence-electron chi connectivity index (χ1n) is 9.37. The highest BCUT2D eigenvalue weighted by atomic mass is 19.1. The molecule has 1 atom stereocenters. The molecule has 1 fully saturated rings. The molecule has 1 saturated heterocycles. The van der Waals surface area contributed by atoms with Crippen molar-refractivity contribution in [1.29, 1.82) is 0 Å². The van der Waals surface area contributed by atoms with Crippen LogP contribution in [0.2, 0.25) is 0 Å². The lowest BCUT2D eigenvalue weighted by molar-refractivity contribution is -0.136. The number of piperidine rings is 1. The first kappa shape index (κ1) is 17.7. The molecule has 0 radical (unpaired) electrons. The fourth-order valence-electron chi connectivity index (χ4n) is 4.04. The Balaban J connectivity index is 1.42. The molecule has 2 amide bonds. The SMILES string of the molecule is Cc1cnn(CC2CCN(C(=O)C3CC(=O)Nc4ccc(F)cc43)CC2)c1. The van der Waals surface area contributed by atoms with Gasteiger partial charge in [0.1, 0.15) is 5.82 Å². The summed E-state index contributed by atoms with van der Waals surface area (Å²) in [4.78, 5) is 26.8. The quantitative estimate of drug-likeness (QED) is 0.903. The molecule has 0 bridgehead atoms. The standard InChI is InChI=1S/C20H23FN4O2/c1-13-10-22-25(11-13)12-14-4-6-24(7-5-14)20(27)17-9-19(26)23-18-3-2-15(21)8-16(17)18/h2-3,8,10-11,14,17H,4-7,9,12H2,1H3,(H,23,26). The zero-order chi connectivity index (χ0) is 19.0. The van der Waals surface area contributed by atoms with E-state index in [1.807, 2.05) is 28.9 Å². The van der Waals surface area contributed by atoms with Crippen LogP contribution in [0.1, 0.15) is 36.3 Å². The summed E-state index contributed by atoms with van der Waals surface area (Å²) in [5, 5.41) is 7.06. The summed E-state index contributed by atoms with van der Waals surface area (Å²) in [6.07, 6.45) is 5.76. The fraction of sp³-hybridized carbons (Fsp3) is 0.450. The number of benzene rings is 1. The van der Waals surface area contributed by atoms with Gasteiger partial charge in [-0.25, -0.2) is 4.39 Å². The second-order valence-electron chi connectivity index (χ2n) is 7.54. The second-order valence-corrected chi connectivity index (χ2v) is 7.54. The van der Waals surface area contributed by atoms with Crippen LogP contribution in [-0.2, 0) is 16.1 Å². The highest BCUT2D eigenvalue weighted by molar-refractivity contribution is 6.01. The number of halogens is 1. The zero-order valence-electron chi connectivity index (χ0n) is 15.3. The van der Waals surface area contributed by atoms with E-state index in [0.717, 1.165) is 24.9 Å². The Labute approximate surface area is 157 Å². The minimum Gasteiger partial charge on any atom is -0.342 e. The highest BCUT2D eigenvalue weighted by Gasteiger charge is 2.35. The Morgan fingerprint density at radius 1 is 1.33 bits per heavy atom. The molecule has 0 spiro atoms. The van der Waals surface area contributed by atoms with Crippen molar-refractivity contribution in [3.05, 3.63) is 47.5 Å². The Morgan fingerprint density at radius 3 is 2.81 bits per heavy atom. The van der Waals surface area contributed by atoms with Crippen molar-refractivity contribution in [2.24, 2.45) is 5.92 Å². The van der Waals surface area contributed by atoms with Crippen molar-refractivity contribution in [3.8, 4) is 0 Å². The lowest BCUT2D eigenvalue weighted by Crippen LogP contribution is -2.43. The Kier molecular flexibility index (Phi) is 4.68. The van der Waals surface area contributed by atoms with Crippen molar-refractivity contribution in [3.63, 3.8) is 0 Å². The molecule has 7 heteroatoms. The van der Waals surface area contributed by atoms with Crippen LogP contribution in [-0.4, -0.2) is 39.6 Å². The summed E-state index contributed by atoms with van der Waals surface area (Å²) in [6, 6.07) is 4.19. The van der Waals surface area contributed by atoms with E-state index < -0.39 is 11.7 Å². The largest absolute Gasteiger partial charge is 0.342 e. The van der Waals surface area contributed by atoms with Crippen LogP contribution < -0.4 is 5.32 Å². The van der Waals surface area contributed by atoms with Gasteiger partial charge in [0.05, 0.1) is 12.1 Å². The Morgan fingerprint density at radius 2 is 2.11 bits per heavy atom. The summed E-state index contributed by atoms with van der Waals surface area (Å²) in [6.45, 7) is 4.19. The first-order chi connectivity index (χ1) is 13.0. The van der Waals surface area contributed by atoms with Crippen LogP contribution in [0.4, 0.5) is 10.1 Å². The average Bonchev–Trinajstić information content (AvgIpc) is 3.06. The van der Waals surface area contributed by atoms with Crippen molar-refractivity contribution < 1.29 is 14.0 Å². The van der Waals surface area contributed by atoms with Crippen LogP contribution >= 0.6 is 0 Å². The van der Waals surface area contributed by atoms with Crippen molar-refractivity contribution in [1.82, 2.24) is 14.7 Å². The molecule has 3 heterocycles. The maximum atomic E-state index is 13.7. The number of aryl methyl sites for hydroxylation is 1. The Hall–Kier alpha value is -2.70. The third-order valence-electron chi connectivity index (χ3n) is 5.48. The molecule has 1 aromatic heterocycles. The molecule has 6 nitrogen and oxygen atoms in total. The molecule has 1 unspecified atom stereocenters. The van der Waals surface area contributed by atoms with Gasteiger partial charge >= 0.3 is 0 Å². The van der Waals surface area contributed by atoms with Gasteiger partial charge in [0.2, 0.25) is 11.8 Å². The smallest absolute Gasteiger partial charge is 0.230 e. The summed E-state index contributed by atoms with van der Waals surface area (Å²) in [7, 11) is 0. The van der Waals surface area contributed by atoms with Gasteiger partial charge in [0.25, 0.3) is 0 Å². The molecule has 1 aromatic carbocycles. The predicted octanol–water partition coefficient (Wildman–Crippen LogP) is 2.70. The van der Waals surface area contributed by atoms with Gasteiger partial charge in [-0.05, 0) is 55.0 Å².